The molecule has 7 heteroatoms. The monoisotopic (exact) mass is 369 g/mol. The molecule has 4 rings (SSSR count). The van der Waals surface area contributed by atoms with E-state index in [0.717, 1.165) is 56.4 Å². The van der Waals surface area contributed by atoms with Crippen LogP contribution in [0.4, 0.5) is 0 Å². The molecule has 0 unspecified atom stereocenters. The lowest BCUT2D eigenvalue weighted by atomic mass is 9.93. The van der Waals surface area contributed by atoms with E-state index in [9.17, 15) is 4.79 Å². The van der Waals surface area contributed by atoms with Crippen molar-refractivity contribution >= 4 is 5.91 Å². The van der Waals surface area contributed by atoms with Crippen molar-refractivity contribution in [1.82, 2.24) is 24.3 Å². The molecule has 0 saturated carbocycles. The average molecular weight is 369 g/mol. The van der Waals surface area contributed by atoms with Gasteiger partial charge >= 0.3 is 0 Å². The largest absolute Gasteiger partial charge is 0.378 e. The molecule has 7 nitrogen and oxygen atoms in total. The van der Waals surface area contributed by atoms with Crippen LogP contribution in [0.3, 0.4) is 0 Å². The molecule has 0 N–H and O–H groups in total. The third kappa shape index (κ3) is 4.20. The van der Waals surface area contributed by atoms with Gasteiger partial charge in [-0.15, -0.1) is 0 Å². The lowest BCUT2D eigenvalue weighted by molar-refractivity contribution is -0.136. The van der Waals surface area contributed by atoms with E-state index in [1.807, 2.05) is 28.7 Å². The van der Waals surface area contributed by atoms with Gasteiger partial charge in [0.2, 0.25) is 5.91 Å². The molecule has 27 heavy (non-hydrogen) atoms. The molecule has 144 valence electrons. The summed E-state index contributed by atoms with van der Waals surface area (Å²) in [5.41, 5.74) is 1.14. The maximum absolute atomic E-state index is 12.4. The van der Waals surface area contributed by atoms with Gasteiger partial charge in [-0.2, -0.15) is 0 Å². The number of amides is 1. The summed E-state index contributed by atoms with van der Waals surface area (Å²) in [4.78, 5) is 25.8. The van der Waals surface area contributed by atoms with E-state index in [0.29, 0.717) is 25.7 Å². The highest BCUT2D eigenvalue weighted by atomic mass is 16.5. The summed E-state index contributed by atoms with van der Waals surface area (Å²) in [6.07, 6.45) is 5.82. The normalized spacial score (nSPS) is 19.4. The van der Waals surface area contributed by atoms with Gasteiger partial charge in [-0.05, 0) is 45.0 Å². The van der Waals surface area contributed by atoms with Crippen LogP contribution in [0.15, 0.2) is 30.6 Å². The molecule has 2 aliphatic heterocycles. The van der Waals surface area contributed by atoms with Crippen LogP contribution in [-0.4, -0.2) is 76.2 Å². The number of imidazole rings is 1. The summed E-state index contributed by atoms with van der Waals surface area (Å²) >= 11 is 0. The predicted molar refractivity (Wildman–Crippen MR) is 102 cm³/mol. The number of aryl methyl sites for hydroxylation is 1. The fraction of sp³-hybridized carbons (Fsp3) is 0.550. The molecule has 2 saturated heterocycles. The number of pyridine rings is 1. The number of carbonyl (C=O) groups excluding carboxylic acids is 1. The second-order valence-electron chi connectivity index (χ2n) is 7.31. The van der Waals surface area contributed by atoms with Crippen LogP contribution in [0.5, 0.6) is 0 Å². The quantitative estimate of drug-likeness (QED) is 0.819. The number of aromatic nitrogens is 3. The highest BCUT2D eigenvalue weighted by Crippen LogP contribution is 2.27. The van der Waals surface area contributed by atoms with E-state index in [-0.39, 0.29) is 5.91 Å². The number of piperidine rings is 1. The minimum absolute atomic E-state index is 0.229. The Morgan fingerprint density at radius 2 is 1.96 bits per heavy atom. The number of hydrogen-bond acceptors (Lipinski definition) is 5. The SMILES string of the molecule is Cc1nccn1-c1cccc(C2CCN(CC(=O)N3CCOCC3)CC2)n1. The minimum atomic E-state index is 0.229. The van der Waals surface area contributed by atoms with Crippen LogP contribution in [0.1, 0.15) is 30.3 Å². The third-order valence-corrected chi connectivity index (χ3v) is 5.56. The second kappa shape index (κ2) is 8.19. The Hall–Kier alpha value is -2.25. The van der Waals surface area contributed by atoms with Gasteiger partial charge in [0.25, 0.3) is 0 Å². The molecule has 2 aliphatic rings. The number of rotatable bonds is 4. The highest BCUT2D eigenvalue weighted by Gasteiger charge is 2.25. The predicted octanol–water partition coefficient (Wildman–Crippen LogP) is 1.61. The zero-order chi connectivity index (χ0) is 18.6. The summed E-state index contributed by atoms with van der Waals surface area (Å²) in [5, 5.41) is 0. The summed E-state index contributed by atoms with van der Waals surface area (Å²) in [6, 6.07) is 6.22. The molecule has 4 heterocycles. The van der Waals surface area contributed by atoms with Crippen LogP contribution >= 0.6 is 0 Å². The Balaban J connectivity index is 1.34. The first kappa shape index (κ1) is 18.1. The lowest BCUT2D eigenvalue weighted by Crippen LogP contribution is -2.47. The molecular formula is C20H27N5O2. The molecule has 2 aromatic heterocycles. The Kier molecular flexibility index (Phi) is 5.50. The Labute approximate surface area is 160 Å². The van der Waals surface area contributed by atoms with E-state index in [1.54, 1.807) is 6.20 Å². The number of likely N-dealkylation sites (tertiary alicyclic amines) is 1. The van der Waals surface area contributed by atoms with Gasteiger partial charge in [0.1, 0.15) is 11.6 Å². The fourth-order valence-corrected chi connectivity index (χ4v) is 3.91. The van der Waals surface area contributed by atoms with Crippen molar-refractivity contribution < 1.29 is 9.53 Å². The van der Waals surface area contributed by atoms with Crippen molar-refractivity contribution in [3.05, 3.63) is 42.1 Å². The first-order valence-electron chi connectivity index (χ1n) is 9.76. The lowest BCUT2D eigenvalue weighted by Gasteiger charge is -2.34. The van der Waals surface area contributed by atoms with Crippen LogP contribution in [0.25, 0.3) is 5.82 Å². The standard InChI is InChI=1S/C20H27N5O2/c1-16-21-7-10-25(16)19-4-2-3-18(22-19)17-5-8-23(9-6-17)15-20(26)24-11-13-27-14-12-24/h2-4,7,10,17H,5-6,8-9,11-15H2,1H3. The van der Waals surface area contributed by atoms with Gasteiger partial charge < -0.3 is 9.64 Å². The summed E-state index contributed by atoms with van der Waals surface area (Å²) in [6.45, 7) is 7.15. The molecule has 0 aliphatic carbocycles. The number of carbonyl (C=O) groups is 1. The topological polar surface area (TPSA) is 63.5 Å². The van der Waals surface area contributed by atoms with E-state index in [4.69, 9.17) is 9.72 Å². The van der Waals surface area contributed by atoms with Crippen LogP contribution in [0, 0.1) is 6.92 Å². The van der Waals surface area contributed by atoms with Gasteiger partial charge in [0, 0.05) is 37.1 Å². The van der Waals surface area contributed by atoms with Gasteiger partial charge in [0.05, 0.1) is 19.8 Å². The summed E-state index contributed by atoms with van der Waals surface area (Å²) in [7, 11) is 0. The molecule has 0 aromatic carbocycles. The van der Waals surface area contributed by atoms with Gasteiger partial charge in [-0.25, -0.2) is 9.97 Å². The molecular weight excluding hydrogens is 342 g/mol. The van der Waals surface area contributed by atoms with Crippen molar-refractivity contribution in [2.75, 3.05) is 45.9 Å². The Bertz CT molecular complexity index is 776. The second-order valence-corrected chi connectivity index (χ2v) is 7.31. The number of nitrogens with zero attached hydrogens (tertiary/aromatic N) is 5. The number of ether oxygens (including phenoxy) is 1. The van der Waals surface area contributed by atoms with E-state index < -0.39 is 0 Å². The van der Waals surface area contributed by atoms with Gasteiger partial charge in [0.15, 0.2) is 0 Å². The van der Waals surface area contributed by atoms with Gasteiger partial charge in [-0.1, -0.05) is 6.07 Å². The molecule has 0 radical (unpaired) electrons. The van der Waals surface area contributed by atoms with Gasteiger partial charge in [-0.3, -0.25) is 14.3 Å². The van der Waals surface area contributed by atoms with E-state index in [1.165, 1.54) is 0 Å². The molecule has 0 bridgehead atoms. The molecule has 0 spiro atoms. The molecule has 2 fully saturated rings. The van der Waals surface area contributed by atoms with Crippen molar-refractivity contribution in [2.45, 2.75) is 25.7 Å². The molecule has 0 atom stereocenters. The van der Waals surface area contributed by atoms with Crippen LogP contribution < -0.4 is 0 Å². The Morgan fingerprint density at radius 1 is 1.19 bits per heavy atom. The first-order chi connectivity index (χ1) is 13.2. The van der Waals surface area contributed by atoms with Crippen molar-refractivity contribution in [3.8, 4) is 5.82 Å². The van der Waals surface area contributed by atoms with Crippen molar-refractivity contribution in [2.24, 2.45) is 0 Å². The van der Waals surface area contributed by atoms with Crippen molar-refractivity contribution in [1.29, 1.82) is 0 Å². The highest BCUT2D eigenvalue weighted by molar-refractivity contribution is 5.78. The fourth-order valence-electron chi connectivity index (χ4n) is 3.91. The average Bonchev–Trinajstić information content (AvgIpc) is 3.15. The number of morpholine rings is 1. The van der Waals surface area contributed by atoms with E-state index >= 15 is 0 Å². The van der Waals surface area contributed by atoms with Crippen LogP contribution in [0.2, 0.25) is 0 Å². The summed E-state index contributed by atoms with van der Waals surface area (Å²) in [5.74, 6) is 2.54. The Morgan fingerprint density at radius 3 is 2.67 bits per heavy atom. The smallest absolute Gasteiger partial charge is 0.236 e. The summed E-state index contributed by atoms with van der Waals surface area (Å²) < 4.78 is 7.34. The zero-order valence-corrected chi connectivity index (χ0v) is 15.9. The molecule has 2 aromatic rings. The first-order valence-corrected chi connectivity index (χ1v) is 9.76. The number of hydrogen-bond donors (Lipinski definition) is 0. The zero-order valence-electron chi connectivity index (χ0n) is 15.9. The third-order valence-electron chi connectivity index (χ3n) is 5.56. The van der Waals surface area contributed by atoms with E-state index in [2.05, 4.69) is 22.0 Å². The van der Waals surface area contributed by atoms with Crippen molar-refractivity contribution in [3.63, 3.8) is 0 Å². The maximum Gasteiger partial charge on any atom is 0.236 e. The minimum Gasteiger partial charge on any atom is -0.378 e. The maximum atomic E-state index is 12.4. The molecule has 1 amide bonds. The van der Waals surface area contributed by atoms with Crippen LogP contribution in [-0.2, 0) is 9.53 Å².